The number of rotatable bonds is 5. The van der Waals surface area contributed by atoms with E-state index in [4.69, 9.17) is 13.3 Å². The molecule has 3 aromatic heterocycles. The molecule has 57 heavy (non-hydrogen) atoms. The maximum absolute atomic E-state index is 6.37. The summed E-state index contributed by atoms with van der Waals surface area (Å²) < 4.78 is 18.6. The number of fused-ring (bicyclic) bond motifs is 9. The summed E-state index contributed by atoms with van der Waals surface area (Å²) in [6, 6.07) is 68.8. The Morgan fingerprint density at radius 2 is 0.421 bits per heavy atom. The lowest BCUT2D eigenvalue weighted by molar-refractivity contribution is 0.668. The van der Waals surface area contributed by atoms with Crippen LogP contribution < -0.4 is 0 Å². The van der Waals surface area contributed by atoms with Crippen LogP contribution in [0.5, 0.6) is 0 Å². The summed E-state index contributed by atoms with van der Waals surface area (Å²) in [6.45, 7) is 0. The zero-order valence-electron chi connectivity index (χ0n) is 30.7. The van der Waals surface area contributed by atoms with Crippen molar-refractivity contribution in [1.82, 2.24) is 0 Å². The largest absolute Gasteiger partial charge is 0.456 e. The molecule has 0 amide bonds. The second-order valence-electron chi connectivity index (χ2n) is 14.9. The first-order valence-electron chi connectivity index (χ1n) is 19.3. The molecule has 12 rings (SSSR count). The van der Waals surface area contributed by atoms with Crippen molar-refractivity contribution in [2.45, 2.75) is 0 Å². The smallest absolute Gasteiger partial charge is 0.135 e. The minimum atomic E-state index is 0.881. The van der Waals surface area contributed by atoms with Crippen LogP contribution in [-0.4, -0.2) is 0 Å². The van der Waals surface area contributed by atoms with Gasteiger partial charge in [-0.25, -0.2) is 0 Å². The van der Waals surface area contributed by atoms with Crippen LogP contribution in [0.4, 0.5) is 0 Å². The van der Waals surface area contributed by atoms with Crippen LogP contribution in [0.25, 0.3) is 121 Å². The van der Waals surface area contributed by atoms with E-state index in [1.807, 2.05) is 24.3 Å². The molecule has 3 heteroatoms. The van der Waals surface area contributed by atoms with Gasteiger partial charge in [0.15, 0.2) is 0 Å². The van der Waals surface area contributed by atoms with Crippen LogP contribution >= 0.6 is 0 Å². The Labute approximate surface area is 327 Å². The third-order valence-corrected chi connectivity index (χ3v) is 11.5. The Balaban J connectivity index is 0.881. The Kier molecular flexibility index (Phi) is 6.93. The fourth-order valence-electron chi connectivity index (χ4n) is 8.58. The van der Waals surface area contributed by atoms with Crippen molar-refractivity contribution < 1.29 is 13.3 Å². The lowest BCUT2D eigenvalue weighted by atomic mass is 9.95. The standard InChI is InChI=1S/C54H32O3/c1-3-16-49-43(14-1)45-29-39(18-22-51(45)55-49)35-10-5-8-33(26-35)34-9-6-11-36(27-34)41-20-24-53-47(31-41)48-32-42(21-25-54(48)57-53)38-13-7-12-37(28-38)40-19-23-52-46(30-40)44-15-2-4-17-50(44)56-52/h1-32H. The average molecular weight is 729 g/mol. The van der Waals surface area contributed by atoms with E-state index in [0.29, 0.717) is 0 Å². The van der Waals surface area contributed by atoms with Gasteiger partial charge in [-0.1, -0.05) is 115 Å². The maximum Gasteiger partial charge on any atom is 0.135 e. The number of benzene rings is 9. The van der Waals surface area contributed by atoms with E-state index < -0.39 is 0 Å². The molecule has 0 N–H and O–H groups in total. The highest BCUT2D eigenvalue weighted by Gasteiger charge is 2.14. The van der Waals surface area contributed by atoms with Gasteiger partial charge in [0.25, 0.3) is 0 Å². The monoisotopic (exact) mass is 728 g/mol. The number of hydrogen-bond acceptors (Lipinski definition) is 3. The van der Waals surface area contributed by atoms with E-state index in [-0.39, 0.29) is 0 Å². The molecule has 3 heterocycles. The molecular formula is C54H32O3. The van der Waals surface area contributed by atoms with E-state index in [9.17, 15) is 0 Å². The first kappa shape index (κ1) is 31.7. The predicted molar refractivity (Wildman–Crippen MR) is 235 cm³/mol. The summed E-state index contributed by atoms with van der Waals surface area (Å²) in [6.07, 6.45) is 0. The van der Waals surface area contributed by atoms with E-state index in [0.717, 1.165) is 99.2 Å². The average Bonchev–Trinajstić information content (AvgIpc) is 3.96. The molecule has 0 aliphatic heterocycles. The van der Waals surface area contributed by atoms with Crippen molar-refractivity contribution in [2.24, 2.45) is 0 Å². The molecule has 0 bridgehead atoms. The highest BCUT2D eigenvalue weighted by atomic mass is 16.3. The highest BCUT2D eigenvalue weighted by Crippen LogP contribution is 2.39. The molecule has 0 atom stereocenters. The lowest BCUT2D eigenvalue weighted by Crippen LogP contribution is -1.84. The summed E-state index contributed by atoms with van der Waals surface area (Å²) in [5.74, 6) is 0. The topological polar surface area (TPSA) is 39.4 Å². The van der Waals surface area contributed by atoms with E-state index >= 15 is 0 Å². The van der Waals surface area contributed by atoms with Crippen molar-refractivity contribution in [3.05, 3.63) is 194 Å². The van der Waals surface area contributed by atoms with Gasteiger partial charge in [-0.15, -0.1) is 0 Å². The van der Waals surface area contributed by atoms with Crippen LogP contribution in [-0.2, 0) is 0 Å². The maximum atomic E-state index is 6.37. The van der Waals surface area contributed by atoms with Gasteiger partial charge in [-0.05, 0) is 134 Å². The van der Waals surface area contributed by atoms with Gasteiger partial charge >= 0.3 is 0 Å². The number of para-hydroxylation sites is 2. The first-order chi connectivity index (χ1) is 28.2. The Hall–Kier alpha value is -7.62. The summed E-state index contributed by atoms with van der Waals surface area (Å²) in [4.78, 5) is 0. The Morgan fingerprint density at radius 1 is 0.175 bits per heavy atom. The molecule has 0 unspecified atom stereocenters. The summed E-state index contributed by atoms with van der Waals surface area (Å²) in [5.41, 5.74) is 17.0. The zero-order chi connectivity index (χ0) is 37.5. The lowest BCUT2D eigenvalue weighted by Gasteiger charge is -2.09. The normalized spacial score (nSPS) is 11.9. The van der Waals surface area contributed by atoms with Crippen molar-refractivity contribution in [3.63, 3.8) is 0 Å². The van der Waals surface area contributed by atoms with E-state index in [2.05, 4.69) is 170 Å². The van der Waals surface area contributed by atoms with Crippen molar-refractivity contribution in [2.75, 3.05) is 0 Å². The second kappa shape index (κ2) is 12.5. The molecule has 0 spiro atoms. The molecule has 0 aliphatic carbocycles. The van der Waals surface area contributed by atoms with E-state index in [1.54, 1.807) is 0 Å². The van der Waals surface area contributed by atoms with Crippen molar-refractivity contribution in [1.29, 1.82) is 0 Å². The molecule has 12 aromatic rings. The van der Waals surface area contributed by atoms with Crippen molar-refractivity contribution in [3.8, 4) is 55.6 Å². The third-order valence-electron chi connectivity index (χ3n) is 11.5. The SMILES string of the molecule is c1cc(-c2cccc(-c3ccc4oc5ccc(-c6cccc(-c7ccc8oc9ccccc9c8c7)c6)cc5c4c3)c2)cc(-c2ccc3oc4ccccc4c3c2)c1. The predicted octanol–water partition coefficient (Wildman–Crippen LogP) is 15.7. The molecule has 3 nitrogen and oxygen atoms in total. The van der Waals surface area contributed by atoms with Gasteiger partial charge in [-0.2, -0.15) is 0 Å². The molecule has 9 aromatic carbocycles. The molecule has 0 fully saturated rings. The molecular weight excluding hydrogens is 697 g/mol. The molecule has 0 radical (unpaired) electrons. The van der Waals surface area contributed by atoms with Crippen LogP contribution in [0.2, 0.25) is 0 Å². The summed E-state index contributed by atoms with van der Waals surface area (Å²) in [5, 5.41) is 6.75. The number of furan rings is 3. The zero-order valence-corrected chi connectivity index (χ0v) is 30.7. The number of hydrogen-bond donors (Lipinski definition) is 0. The van der Waals surface area contributed by atoms with Crippen LogP contribution in [0.15, 0.2) is 207 Å². The van der Waals surface area contributed by atoms with Gasteiger partial charge in [0.2, 0.25) is 0 Å². The molecule has 0 aliphatic rings. The summed E-state index contributed by atoms with van der Waals surface area (Å²) >= 11 is 0. The fraction of sp³-hybridized carbons (Fsp3) is 0. The third kappa shape index (κ3) is 5.28. The molecule has 0 saturated carbocycles. The fourth-order valence-corrected chi connectivity index (χ4v) is 8.58. The van der Waals surface area contributed by atoms with Gasteiger partial charge in [0.1, 0.15) is 33.5 Å². The van der Waals surface area contributed by atoms with Gasteiger partial charge in [0.05, 0.1) is 0 Å². The van der Waals surface area contributed by atoms with Gasteiger partial charge < -0.3 is 13.3 Å². The Bertz CT molecular complexity index is 3540. The van der Waals surface area contributed by atoms with Gasteiger partial charge in [-0.3, -0.25) is 0 Å². The Morgan fingerprint density at radius 3 is 0.737 bits per heavy atom. The second-order valence-corrected chi connectivity index (χ2v) is 14.9. The van der Waals surface area contributed by atoms with Crippen molar-refractivity contribution >= 4 is 65.8 Å². The first-order valence-corrected chi connectivity index (χ1v) is 19.3. The van der Waals surface area contributed by atoms with Crippen LogP contribution in [0, 0.1) is 0 Å². The minimum absolute atomic E-state index is 0.881. The van der Waals surface area contributed by atoms with Gasteiger partial charge in [0, 0.05) is 32.3 Å². The highest BCUT2D eigenvalue weighted by molar-refractivity contribution is 6.09. The molecule has 266 valence electrons. The quantitative estimate of drug-likeness (QED) is 0.177. The van der Waals surface area contributed by atoms with Crippen LogP contribution in [0.3, 0.4) is 0 Å². The van der Waals surface area contributed by atoms with E-state index in [1.165, 1.54) is 22.3 Å². The minimum Gasteiger partial charge on any atom is -0.456 e. The summed E-state index contributed by atoms with van der Waals surface area (Å²) in [7, 11) is 0. The van der Waals surface area contributed by atoms with Crippen LogP contribution in [0.1, 0.15) is 0 Å². The molecule has 0 saturated heterocycles.